The molecule has 2 amide bonds. The Bertz CT molecular complexity index is 1010. The average Bonchev–Trinajstić information content (AvgIpc) is 2.94. The lowest BCUT2D eigenvalue weighted by Crippen LogP contribution is -2.35. The summed E-state index contributed by atoms with van der Waals surface area (Å²) in [4.78, 5) is 27.7. The standard InChI is InChI=1S/C19H17N3O3/c1-10-8-12-9-13(6-7-15(12)20-10)21-19(24)14-4-3-5-16-17(14)25-11(2)18(23)22-16/h3-9,11,20H,1-2H3,(H,21,24)(H,22,23)/t11-/m0/s1. The molecule has 1 aliphatic heterocycles. The highest BCUT2D eigenvalue weighted by atomic mass is 16.5. The van der Waals surface area contributed by atoms with Crippen molar-refractivity contribution >= 4 is 34.1 Å². The largest absolute Gasteiger partial charge is 0.478 e. The molecule has 2 aromatic carbocycles. The van der Waals surface area contributed by atoms with Crippen molar-refractivity contribution in [1.29, 1.82) is 0 Å². The van der Waals surface area contributed by atoms with Crippen molar-refractivity contribution in [2.45, 2.75) is 20.0 Å². The second-order valence-corrected chi connectivity index (χ2v) is 6.14. The third-order valence-corrected chi connectivity index (χ3v) is 4.19. The van der Waals surface area contributed by atoms with Gasteiger partial charge in [0.25, 0.3) is 11.8 Å². The van der Waals surface area contributed by atoms with Gasteiger partial charge in [-0.1, -0.05) is 6.07 Å². The van der Waals surface area contributed by atoms with Gasteiger partial charge in [0.15, 0.2) is 11.9 Å². The number of ether oxygens (including phenoxy) is 1. The van der Waals surface area contributed by atoms with Gasteiger partial charge in [0.05, 0.1) is 11.3 Å². The first-order valence-electron chi connectivity index (χ1n) is 8.02. The van der Waals surface area contributed by atoms with Crippen molar-refractivity contribution in [3.63, 3.8) is 0 Å². The van der Waals surface area contributed by atoms with Gasteiger partial charge in [-0.05, 0) is 50.2 Å². The lowest BCUT2D eigenvalue weighted by atomic mass is 10.1. The summed E-state index contributed by atoms with van der Waals surface area (Å²) >= 11 is 0. The van der Waals surface area contributed by atoms with Crippen molar-refractivity contribution in [1.82, 2.24) is 4.98 Å². The predicted octanol–water partition coefficient (Wildman–Crippen LogP) is 3.45. The lowest BCUT2D eigenvalue weighted by Gasteiger charge is -2.25. The van der Waals surface area contributed by atoms with E-state index in [9.17, 15) is 9.59 Å². The molecule has 1 aromatic heterocycles. The Labute approximate surface area is 144 Å². The Morgan fingerprint density at radius 1 is 1.20 bits per heavy atom. The highest BCUT2D eigenvalue weighted by Crippen LogP contribution is 2.33. The third kappa shape index (κ3) is 2.71. The van der Waals surface area contributed by atoms with E-state index in [1.54, 1.807) is 25.1 Å². The average molecular weight is 335 g/mol. The first kappa shape index (κ1) is 15.3. The predicted molar refractivity (Wildman–Crippen MR) is 96.2 cm³/mol. The molecule has 0 unspecified atom stereocenters. The molecule has 0 bridgehead atoms. The van der Waals surface area contributed by atoms with Crippen LogP contribution in [-0.2, 0) is 4.79 Å². The van der Waals surface area contributed by atoms with E-state index >= 15 is 0 Å². The highest BCUT2D eigenvalue weighted by Gasteiger charge is 2.27. The van der Waals surface area contributed by atoms with Gasteiger partial charge in [-0.3, -0.25) is 9.59 Å². The molecule has 1 aliphatic rings. The first-order chi connectivity index (χ1) is 12.0. The summed E-state index contributed by atoms with van der Waals surface area (Å²) in [6, 6.07) is 12.8. The maximum absolute atomic E-state index is 12.7. The van der Waals surface area contributed by atoms with Crippen molar-refractivity contribution in [2.24, 2.45) is 0 Å². The van der Waals surface area contributed by atoms with Crippen LogP contribution in [0, 0.1) is 6.92 Å². The van der Waals surface area contributed by atoms with Crippen LogP contribution >= 0.6 is 0 Å². The minimum Gasteiger partial charge on any atom is -0.478 e. The number of anilines is 2. The Balaban J connectivity index is 1.64. The number of H-pyrrole nitrogens is 1. The molecule has 6 heteroatoms. The Morgan fingerprint density at radius 3 is 2.88 bits per heavy atom. The number of hydrogen-bond donors (Lipinski definition) is 3. The first-order valence-corrected chi connectivity index (χ1v) is 8.02. The van der Waals surface area contributed by atoms with Crippen LogP contribution in [0.15, 0.2) is 42.5 Å². The summed E-state index contributed by atoms with van der Waals surface area (Å²) < 4.78 is 5.63. The molecular formula is C19H17N3O3. The normalized spacial score (nSPS) is 16.1. The minimum absolute atomic E-state index is 0.224. The fourth-order valence-corrected chi connectivity index (χ4v) is 2.96. The van der Waals surface area contributed by atoms with E-state index in [-0.39, 0.29) is 11.8 Å². The van der Waals surface area contributed by atoms with E-state index in [2.05, 4.69) is 15.6 Å². The van der Waals surface area contributed by atoms with Gasteiger partial charge in [0.2, 0.25) is 0 Å². The molecule has 0 radical (unpaired) electrons. The van der Waals surface area contributed by atoms with Gasteiger partial charge in [-0.25, -0.2) is 0 Å². The van der Waals surface area contributed by atoms with Crippen molar-refractivity contribution in [3.8, 4) is 5.75 Å². The Morgan fingerprint density at radius 2 is 2.04 bits per heavy atom. The van der Waals surface area contributed by atoms with Crippen LogP contribution in [0.4, 0.5) is 11.4 Å². The number of nitrogens with one attached hydrogen (secondary N) is 3. The van der Waals surface area contributed by atoms with Crippen molar-refractivity contribution < 1.29 is 14.3 Å². The summed E-state index contributed by atoms with van der Waals surface area (Å²) in [5.74, 6) is -0.115. The second kappa shape index (κ2) is 5.66. The molecule has 25 heavy (non-hydrogen) atoms. The molecule has 1 atom stereocenters. The van der Waals surface area contributed by atoms with E-state index in [1.807, 2.05) is 31.2 Å². The van der Waals surface area contributed by atoms with E-state index in [1.165, 1.54) is 0 Å². The number of aromatic nitrogens is 1. The minimum atomic E-state index is -0.638. The van der Waals surface area contributed by atoms with Crippen LogP contribution in [0.25, 0.3) is 10.9 Å². The number of benzene rings is 2. The SMILES string of the molecule is Cc1cc2cc(NC(=O)c3cccc4c3O[C@@H](C)C(=O)N4)ccc2[nH]1. The summed E-state index contributed by atoms with van der Waals surface area (Å²) in [5.41, 5.74) is 3.67. The zero-order chi connectivity index (χ0) is 17.6. The summed E-state index contributed by atoms with van der Waals surface area (Å²) in [5, 5.41) is 6.67. The smallest absolute Gasteiger partial charge is 0.265 e. The fraction of sp³-hybridized carbons (Fsp3) is 0.158. The number of amides is 2. The maximum Gasteiger partial charge on any atom is 0.265 e. The van der Waals surface area contributed by atoms with Crippen LogP contribution in [0.5, 0.6) is 5.75 Å². The summed E-state index contributed by atoms with van der Waals surface area (Å²) in [6.45, 7) is 3.64. The molecule has 0 saturated heterocycles. The third-order valence-electron chi connectivity index (χ3n) is 4.19. The van der Waals surface area contributed by atoms with Crippen molar-refractivity contribution in [2.75, 3.05) is 10.6 Å². The van der Waals surface area contributed by atoms with Gasteiger partial charge in [0, 0.05) is 22.3 Å². The summed E-state index contributed by atoms with van der Waals surface area (Å²) in [6.07, 6.45) is -0.638. The van der Waals surface area contributed by atoms with Crippen LogP contribution in [0.1, 0.15) is 23.0 Å². The van der Waals surface area contributed by atoms with E-state index < -0.39 is 6.10 Å². The van der Waals surface area contributed by atoms with Crippen molar-refractivity contribution in [3.05, 3.63) is 53.7 Å². The summed E-state index contributed by atoms with van der Waals surface area (Å²) in [7, 11) is 0. The maximum atomic E-state index is 12.7. The number of carbonyl (C=O) groups excluding carboxylic acids is 2. The molecule has 0 aliphatic carbocycles. The topological polar surface area (TPSA) is 83.2 Å². The fourth-order valence-electron chi connectivity index (χ4n) is 2.96. The van der Waals surface area contributed by atoms with Crippen LogP contribution in [0.2, 0.25) is 0 Å². The number of aromatic amines is 1. The lowest BCUT2D eigenvalue weighted by molar-refractivity contribution is -0.122. The molecule has 6 nitrogen and oxygen atoms in total. The number of fused-ring (bicyclic) bond motifs is 2. The van der Waals surface area contributed by atoms with Gasteiger partial charge >= 0.3 is 0 Å². The second-order valence-electron chi connectivity index (χ2n) is 6.14. The quantitative estimate of drug-likeness (QED) is 0.671. The highest BCUT2D eigenvalue weighted by molar-refractivity contribution is 6.09. The molecule has 0 saturated carbocycles. The number of para-hydroxylation sites is 1. The van der Waals surface area contributed by atoms with Crippen LogP contribution in [-0.4, -0.2) is 22.9 Å². The van der Waals surface area contributed by atoms with Crippen LogP contribution < -0.4 is 15.4 Å². The number of hydrogen-bond acceptors (Lipinski definition) is 3. The van der Waals surface area contributed by atoms with E-state index in [4.69, 9.17) is 4.74 Å². The molecule has 0 spiro atoms. The van der Waals surface area contributed by atoms with Crippen LogP contribution in [0.3, 0.4) is 0 Å². The monoisotopic (exact) mass is 335 g/mol. The Kier molecular flexibility index (Phi) is 3.46. The molecule has 2 heterocycles. The number of carbonyl (C=O) groups is 2. The molecule has 126 valence electrons. The van der Waals surface area contributed by atoms with Gasteiger partial charge < -0.3 is 20.4 Å². The Hall–Kier alpha value is -3.28. The molecule has 0 fully saturated rings. The van der Waals surface area contributed by atoms with E-state index in [0.717, 1.165) is 16.6 Å². The zero-order valence-electron chi connectivity index (χ0n) is 13.8. The number of rotatable bonds is 2. The molecular weight excluding hydrogens is 318 g/mol. The van der Waals surface area contributed by atoms with Gasteiger partial charge in [-0.15, -0.1) is 0 Å². The number of aryl methyl sites for hydroxylation is 1. The molecule has 3 N–H and O–H groups in total. The molecule has 4 rings (SSSR count). The molecule has 3 aromatic rings. The zero-order valence-corrected chi connectivity index (χ0v) is 13.8. The van der Waals surface area contributed by atoms with Gasteiger partial charge in [0.1, 0.15) is 0 Å². The van der Waals surface area contributed by atoms with Gasteiger partial charge in [-0.2, -0.15) is 0 Å². The van der Waals surface area contributed by atoms with E-state index in [0.29, 0.717) is 22.7 Å².